The van der Waals surface area contributed by atoms with Crippen LogP contribution in [0.1, 0.15) is 177 Å². The van der Waals surface area contributed by atoms with E-state index in [9.17, 15) is 76.2 Å². The van der Waals surface area contributed by atoms with E-state index in [1.165, 1.54) is 11.1 Å². The van der Waals surface area contributed by atoms with Gasteiger partial charge in [-0.05, 0) is 176 Å². The Balaban J connectivity index is 0.472. The van der Waals surface area contributed by atoms with Crippen molar-refractivity contribution in [3.8, 4) is 0 Å². The third kappa shape index (κ3) is 40.6. The van der Waals surface area contributed by atoms with Crippen LogP contribution in [0.2, 0.25) is 0 Å². The number of rotatable bonds is 56. The summed E-state index contributed by atoms with van der Waals surface area (Å²) in [5.74, 6) is -0.913. The molecule has 16 atom stereocenters. The number of amides is 10. The van der Waals surface area contributed by atoms with Gasteiger partial charge in [0.1, 0.15) is 24.0 Å². The van der Waals surface area contributed by atoms with Crippen molar-refractivity contribution in [2.75, 3.05) is 219 Å². The number of carbonyl (C=O) groups is 8. The van der Waals surface area contributed by atoms with Gasteiger partial charge in [-0.2, -0.15) is 33.7 Å². The molecule has 10 aliphatic rings. The zero-order valence-corrected chi connectivity index (χ0v) is 88.9. The number of nitrogens with one attached hydrogen (secondary N) is 12. The van der Waals surface area contributed by atoms with E-state index in [1.54, 1.807) is 0 Å². The number of carbonyl (C=O) groups excluding carboxylic acids is 8. The number of benzene rings is 2. The first kappa shape index (κ1) is 116. The lowest BCUT2D eigenvalue weighted by Crippen LogP contribution is -2.47. The summed E-state index contributed by atoms with van der Waals surface area (Å²) in [6, 6.07) is 15.9. The van der Waals surface area contributed by atoms with Gasteiger partial charge in [-0.3, -0.25) is 58.1 Å². The molecule has 0 spiro atoms. The summed E-state index contributed by atoms with van der Waals surface area (Å²) in [4.78, 5) is 153. The Kier molecular flexibility index (Phi) is 48.2. The van der Waals surface area contributed by atoms with E-state index in [1.807, 2.05) is 95.7 Å². The molecule has 12 rings (SSSR count). The van der Waals surface area contributed by atoms with Crippen molar-refractivity contribution >= 4 is 124 Å². The molecule has 2 aromatic carbocycles. The molecule has 8 heterocycles. The van der Waals surface area contributed by atoms with E-state index in [0.717, 1.165) is 134 Å². The Labute approximate surface area is 854 Å². The summed E-state index contributed by atoms with van der Waals surface area (Å²) < 4.78 is 101. The van der Waals surface area contributed by atoms with Gasteiger partial charge in [0.05, 0.1) is 127 Å². The molecule has 42 nitrogen and oxygen atoms in total. The zero-order valence-electron chi connectivity index (χ0n) is 83.6. The predicted octanol–water partition coefficient (Wildman–Crippen LogP) is 7.84. The average Bonchev–Trinajstić information content (AvgIpc) is 1.29. The Hall–Kier alpha value is -7.12. The molecule has 2 saturated carbocycles. The van der Waals surface area contributed by atoms with Crippen molar-refractivity contribution in [1.29, 1.82) is 0 Å². The van der Waals surface area contributed by atoms with Crippen molar-refractivity contribution in [2.24, 2.45) is 22.0 Å². The SMILES string of the molecule is CC1=NNC(c2ccc(CNC(=O)CCP(=O)(O)CP(=O)(O)CN3CCCN4CCN(CCCN(CP(=O)(O)CP(=O)(O)CCC(=O)NCc5ccc(C6=C7CCCC[C@@H](OC(=O)NCCOCCOCCOCCNC(=O)CCCC[C@H]8SC[C@H]9NC(=O)N[C@H]98)CC7C(C)=NN6)cc5)CC4)CC3)cc2)=C2CCCC[C@@H](OC(=O)NCCOCCOCCOCCNC(=O)CCCC[C@H]3SC[C@H]4NC(=O)N[C@H]43)CC12. The lowest BCUT2D eigenvalue weighted by Gasteiger charge is -2.36. The van der Waals surface area contributed by atoms with E-state index in [2.05, 4.69) is 84.0 Å². The normalized spacial score (nSPS) is 25.4. The first-order chi connectivity index (χ1) is 69.4. The molecule has 8 unspecified atom stereocenters. The van der Waals surface area contributed by atoms with E-state index < -0.39 is 77.6 Å². The molecule has 16 N–H and O–H groups in total. The maximum atomic E-state index is 13.9. The molecular weight excluding hydrogens is 1980 g/mol. The number of urea groups is 2. The number of hydrogen-bond acceptors (Lipinski definition) is 30. The molecule has 0 aromatic heterocycles. The molecule has 2 aliphatic carbocycles. The molecule has 2 aromatic rings. The predicted molar refractivity (Wildman–Crippen MR) is 554 cm³/mol. The topological polar surface area (TPSA) is 542 Å². The maximum Gasteiger partial charge on any atom is 0.407 e. The second-order valence-electron chi connectivity index (χ2n) is 39.1. The van der Waals surface area contributed by atoms with Crippen LogP contribution in [-0.4, -0.2) is 364 Å². The van der Waals surface area contributed by atoms with Crippen LogP contribution in [0, 0.1) is 11.8 Å². The number of ether oxygens (including phenoxy) is 8. The minimum atomic E-state index is -4.26. The second kappa shape index (κ2) is 60.1. The van der Waals surface area contributed by atoms with Crippen molar-refractivity contribution < 1.29 is 114 Å². The number of fused-ring (bicyclic) bond motifs is 7. The van der Waals surface area contributed by atoms with Crippen LogP contribution in [0.3, 0.4) is 0 Å². The fraction of sp³-hybridized carbons (Fsp3) is 0.729. The van der Waals surface area contributed by atoms with Crippen molar-refractivity contribution in [3.05, 3.63) is 81.9 Å². The molecule has 2 bridgehead atoms. The van der Waals surface area contributed by atoms with Gasteiger partial charge in [0.25, 0.3) is 0 Å². The first-order valence-corrected chi connectivity index (χ1v) is 61.8. The lowest BCUT2D eigenvalue weighted by atomic mass is 9.80. The summed E-state index contributed by atoms with van der Waals surface area (Å²) in [5, 5.41) is 39.1. The van der Waals surface area contributed by atoms with Crippen LogP contribution in [0.25, 0.3) is 11.4 Å². The van der Waals surface area contributed by atoms with Crippen LogP contribution in [0.4, 0.5) is 19.2 Å². The first-order valence-electron chi connectivity index (χ1n) is 51.6. The van der Waals surface area contributed by atoms with E-state index in [-0.39, 0.29) is 137 Å². The molecule has 10 amide bonds. The third-order valence-corrected chi connectivity index (χ3v) is 41.3. The van der Waals surface area contributed by atoms with Gasteiger partial charge in [0, 0.05) is 162 Å². The van der Waals surface area contributed by atoms with Gasteiger partial charge in [0.15, 0.2) is 0 Å². The Bertz CT molecular complexity index is 4540. The van der Waals surface area contributed by atoms with Crippen LogP contribution >= 0.6 is 53.0 Å². The highest BCUT2D eigenvalue weighted by molar-refractivity contribution is 8.00. The summed E-state index contributed by atoms with van der Waals surface area (Å²) in [6.45, 7) is 15.1. The molecule has 6 saturated heterocycles. The minimum absolute atomic E-state index is 0.00209. The largest absolute Gasteiger partial charge is 0.446 e. The molecule has 8 aliphatic heterocycles. The van der Waals surface area contributed by atoms with Crippen LogP contribution in [0.15, 0.2) is 69.9 Å². The van der Waals surface area contributed by atoms with Crippen LogP contribution in [0.5, 0.6) is 0 Å². The lowest BCUT2D eigenvalue weighted by molar-refractivity contribution is -0.122. The molecular formula is C96H156N18O24P4S2. The Morgan fingerprint density at radius 3 is 1.17 bits per heavy atom. The highest BCUT2D eigenvalue weighted by Gasteiger charge is 2.45. The van der Waals surface area contributed by atoms with Gasteiger partial charge in [0.2, 0.25) is 53.1 Å². The molecule has 144 heavy (non-hydrogen) atoms. The smallest absolute Gasteiger partial charge is 0.407 e. The average molecular weight is 2130 g/mol. The number of nitrogens with zero attached hydrogens (tertiary/aromatic N) is 6. The monoisotopic (exact) mass is 2130 g/mol. The summed E-state index contributed by atoms with van der Waals surface area (Å²) in [7, 11) is -17.0. The van der Waals surface area contributed by atoms with Crippen molar-refractivity contribution in [3.63, 3.8) is 0 Å². The number of alkyl carbamates (subject to hydrolysis) is 2. The summed E-state index contributed by atoms with van der Waals surface area (Å²) in [6.07, 6.45) is 11.2. The highest BCUT2D eigenvalue weighted by Crippen LogP contribution is 2.59. The quantitative estimate of drug-likeness (QED) is 0.0170. The number of hydrogen-bond donors (Lipinski definition) is 16. The third-order valence-electron chi connectivity index (χ3n) is 27.6. The number of unbranched alkanes of at least 4 members (excludes halogenated alkanes) is 2. The van der Waals surface area contributed by atoms with E-state index in [4.69, 9.17) is 37.9 Å². The van der Waals surface area contributed by atoms with Gasteiger partial charge in [-0.1, -0.05) is 61.4 Å². The zero-order chi connectivity index (χ0) is 102. The van der Waals surface area contributed by atoms with Gasteiger partial charge < -0.3 is 120 Å². The van der Waals surface area contributed by atoms with E-state index in [0.29, 0.717) is 206 Å². The van der Waals surface area contributed by atoms with Crippen molar-refractivity contribution in [1.82, 2.24) is 83.6 Å². The number of hydrazone groups is 2. The fourth-order valence-electron chi connectivity index (χ4n) is 20.0. The summed E-state index contributed by atoms with van der Waals surface area (Å²) >= 11 is 3.75. The molecule has 48 heteroatoms. The van der Waals surface area contributed by atoms with Gasteiger partial charge in [-0.25, -0.2) is 19.2 Å². The van der Waals surface area contributed by atoms with Crippen molar-refractivity contribution in [2.45, 2.75) is 215 Å². The van der Waals surface area contributed by atoms with Gasteiger partial charge >= 0.3 is 24.2 Å². The van der Waals surface area contributed by atoms with Crippen LogP contribution < -0.4 is 64.0 Å². The molecule has 8 fully saturated rings. The Morgan fingerprint density at radius 2 is 0.778 bits per heavy atom. The van der Waals surface area contributed by atoms with E-state index >= 15 is 0 Å². The van der Waals surface area contributed by atoms with Crippen LogP contribution in [-0.2, 0) is 88.4 Å². The minimum Gasteiger partial charge on any atom is -0.446 e. The van der Waals surface area contributed by atoms with Gasteiger partial charge in [-0.15, -0.1) is 0 Å². The number of thioether (sulfide) groups is 2. The number of allylic oxidation sites excluding steroid dienone is 2. The Morgan fingerprint density at radius 1 is 0.417 bits per heavy atom. The standard InChI is InChI=1S/C96H156N18O24P4S2/c1-69-79-59-75(137-95(121)99-33-47-133-51-55-135-53-49-131-45-31-97-85(115)19-9-7-17-83-91-81(63-143-83)103-93(119)105-91)13-3-5-15-77(79)89(109-107-69)73-25-21-71(22-26-73)61-101-87(117)29-57-139(123,124)67-141(127,128)65-113-37-11-35-112-40-39-111(41-43-113)36-12-38-114(44-42-112)66-142(129,130)68-140(125,126)58-30-88(118)102-62-72-23-27-74(28-24-72)90-78-16-6-4-14-76(60-80(78)70(2)108-110-90)138-96(122)100-34-48-134-52-56-136-54-50-132-46-32-98-86(116)20-10-8-18-84-92-82(64-144-84)104-94(120)106-92/h21-28,75-76,79-84,91-92,109-110H,3-20,29-68H2,1-2H3,(H,97,115)(H,98,116)(H,99,121)(H,100,122)(H,101,117)(H,102,118)(H,123,124)(H,125,126)(H,127,128)(H,129,130)(H2,103,105,119)(H2,104,106,120)/t75-,76-,79?,80?,81-,82-,83-,84-,91-,92-/m1/s1. The summed E-state index contributed by atoms with van der Waals surface area (Å²) in [5.41, 5.74) is 15.8. The maximum absolute atomic E-state index is 13.9. The fourth-order valence-corrected chi connectivity index (χ4v) is 33.4. The molecule has 0 radical (unpaired) electrons. The second-order valence-corrected chi connectivity index (χ2v) is 52.1. The highest BCUT2D eigenvalue weighted by atomic mass is 32.2. The molecule has 806 valence electrons.